The summed E-state index contributed by atoms with van der Waals surface area (Å²) < 4.78 is 5.28. The molecule has 5 heteroatoms. The fraction of sp³-hybridized carbons (Fsp3) is 0.471. The molecule has 0 saturated heterocycles. The molecule has 1 atom stereocenters. The number of benzene rings is 1. The van der Waals surface area contributed by atoms with E-state index in [1.54, 1.807) is 6.07 Å². The molecule has 2 rings (SSSR count). The molecule has 0 saturated carbocycles. The first-order chi connectivity index (χ1) is 10.5. The van der Waals surface area contributed by atoms with E-state index in [0.717, 1.165) is 17.6 Å². The number of ether oxygens (including phenoxy) is 1. The van der Waals surface area contributed by atoms with Gasteiger partial charge in [-0.3, -0.25) is 4.79 Å². The average Bonchev–Trinajstić information content (AvgIpc) is 2.55. The third-order valence-electron chi connectivity index (χ3n) is 3.86. The first-order valence-corrected chi connectivity index (χ1v) is 8.33. The maximum Gasteiger partial charge on any atom is 0.250 e. The zero-order valence-corrected chi connectivity index (χ0v) is 14.5. The van der Waals surface area contributed by atoms with E-state index in [1.165, 1.54) is 0 Å². The summed E-state index contributed by atoms with van der Waals surface area (Å²) in [5, 5.41) is 1.04. The van der Waals surface area contributed by atoms with E-state index < -0.39 is 0 Å². The van der Waals surface area contributed by atoms with Crippen LogP contribution in [0.25, 0.3) is 0 Å². The molecule has 1 aromatic rings. The molecular weight excluding hydrogens is 321 g/mol. The predicted molar refractivity (Wildman–Crippen MR) is 90.4 cm³/mol. The summed E-state index contributed by atoms with van der Waals surface area (Å²) in [7, 11) is 0. The molecule has 1 amide bonds. The van der Waals surface area contributed by atoms with Crippen molar-refractivity contribution in [1.82, 2.24) is 4.90 Å². The number of carbonyl (C=O) groups excluding carboxylic acids is 1. The second kappa shape index (κ2) is 8.00. The van der Waals surface area contributed by atoms with E-state index in [1.807, 2.05) is 30.0 Å². The highest BCUT2D eigenvalue weighted by molar-refractivity contribution is 6.42. The van der Waals surface area contributed by atoms with Crippen LogP contribution in [0.2, 0.25) is 10.0 Å². The van der Waals surface area contributed by atoms with Crippen molar-refractivity contribution in [3.05, 3.63) is 45.5 Å². The number of nitrogens with zero attached hydrogens (tertiary/aromatic N) is 1. The van der Waals surface area contributed by atoms with Gasteiger partial charge in [0.15, 0.2) is 0 Å². The fourth-order valence-electron chi connectivity index (χ4n) is 2.57. The lowest BCUT2D eigenvalue weighted by atomic mass is 10.0. The lowest BCUT2D eigenvalue weighted by Crippen LogP contribution is -2.36. The zero-order chi connectivity index (χ0) is 16.1. The predicted octanol–water partition coefficient (Wildman–Crippen LogP) is 4.64. The Bertz CT molecular complexity index is 572. The van der Waals surface area contributed by atoms with Gasteiger partial charge in [0.2, 0.25) is 5.91 Å². The Labute approximate surface area is 141 Å². The highest BCUT2D eigenvalue weighted by Gasteiger charge is 2.24. The molecule has 1 aromatic carbocycles. The Kier molecular flexibility index (Phi) is 6.30. The molecule has 1 aliphatic heterocycles. The van der Waals surface area contributed by atoms with Gasteiger partial charge in [0, 0.05) is 18.5 Å². The van der Waals surface area contributed by atoms with Crippen LogP contribution in [0.1, 0.15) is 38.3 Å². The normalized spacial score (nSPS) is 16.1. The van der Waals surface area contributed by atoms with Gasteiger partial charge in [0.25, 0.3) is 0 Å². The fourth-order valence-corrected chi connectivity index (χ4v) is 2.88. The van der Waals surface area contributed by atoms with Gasteiger partial charge < -0.3 is 9.64 Å². The van der Waals surface area contributed by atoms with Crippen molar-refractivity contribution in [3.8, 4) is 0 Å². The summed E-state index contributed by atoms with van der Waals surface area (Å²) in [6.45, 7) is 5.92. The Balaban J connectivity index is 2.23. The molecule has 0 spiro atoms. The topological polar surface area (TPSA) is 29.5 Å². The van der Waals surface area contributed by atoms with Crippen molar-refractivity contribution in [2.45, 2.75) is 32.7 Å². The van der Waals surface area contributed by atoms with Gasteiger partial charge in [-0.2, -0.15) is 0 Å². The third-order valence-corrected chi connectivity index (χ3v) is 4.60. The van der Waals surface area contributed by atoms with Gasteiger partial charge in [-0.25, -0.2) is 0 Å². The van der Waals surface area contributed by atoms with Gasteiger partial charge in [0.1, 0.15) is 0 Å². The van der Waals surface area contributed by atoms with E-state index in [4.69, 9.17) is 27.9 Å². The van der Waals surface area contributed by atoms with Crippen LogP contribution in [0.3, 0.4) is 0 Å². The first-order valence-electron chi connectivity index (χ1n) is 7.57. The Morgan fingerprint density at radius 3 is 2.73 bits per heavy atom. The summed E-state index contributed by atoms with van der Waals surface area (Å²) >= 11 is 12.1. The van der Waals surface area contributed by atoms with E-state index in [-0.39, 0.29) is 11.9 Å². The lowest BCUT2D eigenvalue weighted by Gasteiger charge is -2.31. The van der Waals surface area contributed by atoms with Gasteiger partial charge in [-0.1, -0.05) is 42.3 Å². The van der Waals surface area contributed by atoms with Crippen molar-refractivity contribution < 1.29 is 9.53 Å². The average molecular weight is 342 g/mol. The van der Waals surface area contributed by atoms with E-state index in [2.05, 4.69) is 6.92 Å². The zero-order valence-electron chi connectivity index (χ0n) is 12.9. The summed E-state index contributed by atoms with van der Waals surface area (Å²) in [5.74, 6) is 0.0868. The minimum Gasteiger partial charge on any atom is -0.377 e. The molecule has 0 unspecified atom stereocenters. The molecule has 22 heavy (non-hydrogen) atoms. The second-order valence-corrected chi connectivity index (χ2v) is 6.22. The van der Waals surface area contributed by atoms with E-state index in [0.29, 0.717) is 36.2 Å². The maximum absolute atomic E-state index is 12.8. The van der Waals surface area contributed by atoms with E-state index in [9.17, 15) is 4.79 Å². The number of halogens is 2. The van der Waals surface area contributed by atoms with Crippen LogP contribution in [0.4, 0.5) is 0 Å². The molecular formula is C17H21Cl2NO2. The molecule has 120 valence electrons. The molecule has 0 radical (unpaired) electrons. The van der Waals surface area contributed by atoms with Gasteiger partial charge in [-0.15, -0.1) is 0 Å². The molecule has 0 N–H and O–H groups in total. The summed E-state index contributed by atoms with van der Waals surface area (Å²) in [5.41, 5.74) is 1.83. The molecule has 0 aliphatic carbocycles. The molecule has 1 aliphatic rings. The minimum atomic E-state index is -0.0500. The molecule has 0 aromatic heterocycles. The minimum absolute atomic E-state index is 0.0500. The Morgan fingerprint density at radius 2 is 2.14 bits per heavy atom. The monoisotopic (exact) mass is 341 g/mol. The van der Waals surface area contributed by atoms with Crippen molar-refractivity contribution in [1.29, 1.82) is 0 Å². The summed E-state index contributed by atoms with van der Waals surface area (Å²) in [6, 6.07) is 5.49. The largest absolute Gasteiger partial charge is 0.377 e. The van der Waals surface area contributed by atoms with Crippen molar-refractivity contribution in [2.75, 3.05) is 19.8 Å². The lowest BCUT2D eigenvalue weighted by molar-refractivity contribution is -0.129. The molecule has 0 bridgehead atoms. The Hall–Kier alpha value is -1.03. The van der Waals surface area contributed by atoms with Crippen LogP contribution >= 0.6 is 23.2 Å². The van der Waals surface area contributed by atoms with Crippen LogP contribution in [0, 0.1) is 0 Å². The number of amides is 1. The molecule has 0 fully saturated rings. The summed E-state index contributed by atoms with van der Waals surface area (Å²) in [4.78, 5) is 14.7. The highest BCUT2D eigenvalue weighted by Crippen LogP contribution is 2.29. The number of hydrogen-bond acceptors (Lipinski definition) is 2. The van der Waals surface area contributed by atoms with Crippen LogP contribution in [-0.2, 0) is 9.53 Å². The van der Waals surface area contributed by atoms with Crippen LogP contribution in [0.5, 0.6) is 0 Å². The van der Waals surface area contributed by atoms with Gasteiger partial charge in [-0.05, 0) is 31.0 Å². The van der Waals surface area contributed by atoms with Crippen molar-refractivity contribution in [2.24, 2.45) is 0 Å². The highest BCUT2D eigenvalue weighted by atomic mass is 35.5. The third kappa shape index (κ3) is 4.03. The quantitative estimate of drug-likeness (QED) is 0.780. The first kappa shape index (κ1) is 17.3. The second-order valence-electron chi connectivity index (χ2n) is 5.40. The number of hydrogen-bond donors (Lipinski definition) is 0. The van der Waals surface area contributed by atoms with Crippen molar-refractivity contribution >= 4 is 29.1 Å². The van der Waals surface area contributed by atoms with Crippen molar-refractivity contribution in [3.63, 3.8) is 0 Å². The van der Waals surface area contributed by atoms with E-state index >= 15 is 0 Å². The standard InChI is InChI=1S/C17H21Cl2NO2/c1-3-8-20(17(21)13-6-9-22-10-7-13)12(2)14-4-5-15(18)16(19)11-14/h4-6,11-12H,3,7-10H2,1-2H3/t12-/m1/s1. The summed E-state index contributed by atoms with van der Waals surface area (Å²) in [6.07, 6.45) is 3.46. The SMILES string of the molecule is CCCN(C(=O)C1=CCOCC1)[C@H](C)c1ccc(Cl)c(Cl)c1. The smallest absolute Gasteiger partial charge is 0.250 e. The number of carbonyl (C=O) groups is 1. The maximum atomic E-state index is 12.8. The molecule has 3 nitrogen and oxygen atoms in total. The van der Waals surface area contributed by atoms with Crippen LogP contribution < -0.4 is 0 Å². The van der Waals surface area contributed by atoms with Gasteiger partial charge in [0.05, 0.1) is 29.3 Å². The van der Waals surface area contributed by atoms with Crippen LogP contribution in [-0.4, -0.2) is 30.6 Å². The number of rotatable bonds is 5. The Morgan fingerprint density at radius 1 is 1.36 bits per heavy atom. The molecule has 1 heterocycles. The van der Waals surface area contributed by atoms with Crippen LogP contribution in [0.15, 0.2) is 29.8 Å². The van der Waals surface area contributed by atoms with Gasteiger partial charge >= 0.3 is 0 Å².